The molecule has 1 aliphatic rings. The molecule has 0 fully saturated rings. The van der Waals surface area contributed by atoms with Gasteiger partial charge >= 0.3 is 0 Å². The Kier molecular flexibility index (Phi) is 6.65. The number of aliphatic hydroxyl groups is 1. The van der Waals surface area contributed by atoms with Gasteiger partial charge in [-0.1, -0.05) is 25.0 Å². The van der Waals surface area contributed by atoms with Crippen molar-refractivity contribution in [2.45, 2.75) is 25.7 Å². The maximum Gasteiger partial charge on any atom is 0.261 e. The number of imide groups is 1. The van der Waals surface area contributed by atoms with Gasteiger partial charge in [-0.2, -0.15) is 0 Å². The number of hydrogen-bond donors (Lipinski definition) is 2. The third-order valence-electron chi connectivity index (χ3n) is 5.16. The minimum atomic E-state index is -0.217. The number of carbonyl (C=O) groups is 2. The van der Waals surface area contributed by atoms with Gasteiger partial charge in [0.2, 0.25) is 0 Å². The Balaban J connectivity index is 1.83. The van der Waals surface area contributed by atoms with Crippen LogP contribution in [0.5, 0.6) is 0 Å². The fourth-order valence-electron chi connectivity index (χ4n) is 3.62. The van der Waals surface area contributed by atoms with Crippen molar-refractivity contribution in [3.05, 3.63) is 41.5 Å². The molecule has 6 heteroatoms. The molecule has 2 amide bonds. The standard InChI is InChI=1S/C22H29N3O3/c1-24(2)13-14-25-21(27)17-9-7-8-16-19(23-12-5-3-4-6-15-26)11-10-18(20(16)17)22(25)28/h7-11,23,26H,3-6,12-15H2,1-2H3. The predicted octanol–water partition coefficient (Wildman–Crippen LogP) is 2.96. The van der Waals surface area contributed by atoms with Crippen LogP contribution < -0.4 is 5.32 Å². The van der Waals surface area contributed by atoms with E-state index < -0.39 is 0 Å². The van der Waals surface area contributed by atoms with E-state index in [0.717, 1.165) is 48.7 Å². The minimum absolute atomic E-state index is 0.217. The van der Waals surface area contributed by atoms with Crippen LogP contribution in [-0.2, 0) is 0 Å². The van der Waals surface area contributed by atoms with Crippen molar-refractivity contribution in [1.29, 1.82) is 0 Å². The van der Waals surface area contributed by atoms with E-state index in [0.29, 0.717) is 24.2 Å². The molecule has 0 atom stereocenters. The Hall–Kier alpha value is -2.44. The van der Waals surface area contributed by atoms with E-state index >= 15 is 0 Å². The van der Waals surface area contributed by atoms with E-state index in [2.05, 4.69) is 5.32 Å². The molecule has 0 saturated heterocycles. The lowest BCUT2D eigenvalue weighted by Gasteiger charge is -2.28. The summed E-state index contributed by atoms with van der Waals surface area (Å²) in [5.41, 5.74) is 2.14. The first-order valence-corrected chi connectivity index (χ1v) is 9.96. The highest BCUT2D eigenvalue weighted by atomic mass is 16.3. The number of benzene rings is 2. The molecule has 0 saturated carbocycles. The highest BCUT2D eigenvalue weighted by molar-refractivity contribution is 6.26. The minimum Gasteiger partial charge on any atom is -0.396 e. The van der Waals surface area contributed by atoms with Crippen LogP contribution in [0.25, 0.3) is 10.8 Å². The molecule has 2 aromatic carbocycles. The topological polar surface area (TPSA) is 72.9 Å². The average molecular weight is 383 g/mol. The van der Waals surface area contributed by atoms with E-state index in [1.807, 2.05) is 49.3 Å². The monoisotopic (exact) mass is 383 g/mol. The summed E-state index contributed by atoms with van der Waals surface area (Å²) in [5.74, 6) is -0.433. The van der Waals surface area contributed by atoms with Gasteiger partial charge in [0, 0.05) is 53.8 Å². The van der Waals surface area contributed by atoms with Crippen molar-refractivity contribution >= 4 is 28.3 Å². The van der Waals surface area contributed by atoms with Crippen LogP contribution in [0.3, 0.4) is 0 Å². The molecule has 0 aromatic heterocycles. The van der Waals surface area contributed by atoms with Crippen molar-refractivity contribution in [1.82, 2.24) is 9.80 Å². The maximum atomic E-state index is 12.9. The Labute approximate surface area is 166 Å². The molecular formula is C22H29N3O3. The van der Waals surface area contributed by atoms with Crippen LogP contribution >= 0.6 is 0 Å². The Morgan fingerprint density at radius 1 is 0.964 bits per heavy atom. The Bertz CT molecular complexity index is 841. The first-order chi connectivity index (χ1) is 13.5. The number of unbranched alkanes of at least 4 members (excludes halogenated alkanes) is 3. The fourth-order valence-corrected chi connectivity index (χ4v) is 3.62. The quantitative estimate of drug-likeness (QED) is 0.487. The SMILES string of the molecule is CN(C)CCN1C(=O)c2cccc3c(NCCCCCCO)ccc(c23)C1=O. The summed E-state index contributed by atoms with van der Waals surface area (Å²) in [5, 5.41) is 14.0. The molecule has 0 aliphatic carbocycles. The lowest BCUT2D eigenvalue weighted by atomic mass is 9.93. The van der Waals surface area contributed by atoms with Gasteiger partial charge in [0.05, 0.1) is 0 Å². The van der Waals surface area contributed by atoms with E-state index in [1.165, 1.54) is 4.90 Å². The normalized spacial score (nSPS) is 13.6. The highest BCUT2D eigenvalue weighted by Crippen LogP contribution is 2.34. The lowest BCUT2D eigenvalue weighted by Crippen LogP contribution is -2.43. The molecule has 1 heterocycles. The molecule has 2 aromatic rings. The van der Waals surface area contributed by atoms with Crippen molar-refractivity contribution in [3.8, 4) is 0 Å². The van der Waals surface area contributed by atoms with Gasteiger partial charge in [0.15, 0.2) is 0 Å². The van der Waals surface area contributed by atoms with Gasteiger partial charge in [0.1, 0.15) is 0 Å². The number of anilines is 1. The lowest BCUT2D eigenvalue weighted by molar-refractivity contribution is 0.0601. The molecule has 1 aliphatic heterocycles. The number of nitrogens with zero attached hydrogens (tertiary/aromatic N) is 2. The predicted molar refractivity (Wildman–Crippen MR) is 112 cm³/mol. The second-order valence-electron chi connectivity index (χ2n) is 7.52. The average Bonchev–Trinajstić information content (AvgIpc) is 2.68. The number of rotatable bonds is 10. The molecule has 3 rings (SSSR count). The molecule has 0 unspecified atom stereocenters. The van der Waals surface area contributed by atoms with E-state index in [-0.39, 0.29) is 18.4 Å². The largest absolute Gasteiger partial charge is 0.396 e. The van der Waals surface area contributed by atoms with Crippen LogP contribution in [0, 0.1) is 0 Å². The fraction of sp³-hybridized carbons (Fsp3) is 0.455. The molecule has 2 N–H and O–H groups in total. The summed E-state index contributed by atoms with van der Waals surface area (Å²) in [4.78, 5) is 29.2. The molecule has 0 spiro atoms. The van der Waals surface area contributed by atoms with Crippen molar-refractivity contribution in [3.63, 3.8) is 0 Å². The van der Waals surface area contributed by atoms with Gasteiger partial charge < -0.3 is 15.3 Å². The van der Waals surface area contributed by atoms with Crippen LogP contribution in [0.4, 0.5) is 5.69 Å². The van der Waals surface area contributed by atoms with Gasteiger partial charge in [-0.25, -0.2) is 0 Å². The van der Waals surface area contributed by atoms with Gasteiger partial charge in [-0.3, -0.25) is 14.5 Å². The summed E-state index contributed by atoms with van der Waals surface area (Å²) < 4.78 is 0. The van der Waals surface area contributed by atoms with Gasteiger partial charge in [-0.05, 0) is 45.1 Å². The van der Waals surface area contributed by atoms with Crippen LogP contribution in [0.1, 0.15) is 46.4 Å². The third kappa shape index (κ3) is 4.18. The molecular weight excluding hydrogens is 354 g/mol. The molecule has 150 valence electrons. The van der Waals surface area contributed by atoms with Crippen LogP contribution in [-0.4, -0.2) is 67.1 Å². The maximum absolute atomic E-state index is 12.9. The van der Waals surface area contributed by atoms with Crippen molar-refractivity contribution in [2.75, 3.05) is 45.7 Å². The summed E-state index contributed by atoms with van der Waals surface area (Å²) in [7, 11) is 3.85. The number of aliphatic hydroxyl groups excluding tert-OH is 1. The highest BCUT2D eigenvalue weighted by Gasteiger charge is 2.32. The molecule has 0 bridgehead atoms. The Morgan fingerprint density at radius 3 is 2.39 bits per heavy atom. The second-order valence-corrected chi connectivity index (χ2v) is 7.52. The van der Waals surface area contributed by atoms with E-state index in [1.54, 1.807) is 0 Å². The molecule has 6 nitrogen and oxygen atoms in total. The summed E-state index contributed by atoms with van der Waals surface area (Å²) in [6, 6.07) is 9.42. The number of likely N-dealkylation sites (N-methyl/N-ethyl adjacent to an activating group) is 1. The van der Waals surface area contributed by atoms with Gasteiger partial charge in [0.25, 0.3) is 11.8 Å². The third-order valence-corrected chi connectivity index (χ3v) is 5.16. The zero-order valence-electron chi connectivity index (χ0n) is 16.7. The van der Waals surface area contributed by atoms with Gasteiger partial charge in [-0.15, -0.1) is 0 Å². The number of amides is 2. The van der Waals surface area contributed by atoms with E-state index in [9.17, 15) is 9.59 Å². The van der Waals surface area contributed by atoms with Crippen LogP contribution in [0.15, 0.2) is 30.3 Å². The number of carbonyl (C=O) groups excluding carboxylic acids is 2. The molecule has 28 heavy (non-hydrogen) atoms. The summed E-state index contributed by atoms with van der Waals surface area (Å²) in [6.07, 6.45) is 3.94. The first-order valence-electron chi connectivity index (χ1n) is 9.96. The Morgan fingerprint density at radius 2 is 1.68 bits per heavy atom. The summed E-state index contributed by atoms with van der Waals surface area (Å²) in [6.45, 7) is 2.09. The van der Waals surface area contributed by atoms with Crippen molar-refractivity contribution in [2.24, 2.45) is 0 Å². The second kappa shape index (κ2) is 9.17. The zero-order valence-corrected chi connectivity index (χ0v) is 16.7. The zero-order chi connectivity index (χ0) is 20.1. The smallest absolute Gasteiger partial charge is 0.261 e. The number of hydrogen-bond acceptors (Lipinski definition) is 5. The number of nitrogens with one attached hydrogen (secondary N) is 1. The van der Waals surface area contributed by atoms with Crippen molar-refractivity contribution < 1.29 is 14.7 Å². The molecule has 0 radical (unpaired) electrons. The van der Waals surface area contributed by atoms with Crippen LogP contribution in [0.2, 0.25) is 0 Å². The first kappa shape index (κ1) is 20.3. The summed E-state index contributed by atoms with van der Waals surface area (Å²) >= 11 is 0. The van der Waals surface area contributed by atoms with E-state index in [4.69, 9.17) is 5.11 Å².